The van der Waals surface area contributed by atoms with E-state index in [4.69, 9.17) is 5.73 Å². The van der Waals surface area contributed by atoms with Crippen molar-refractivity contribution in [2.45, 2.75) is 6.54 Å². The van der Waals surface area contributed by atoms with Crippen molar-refractivity contribution in [2.24, 2.45) is 5.73 Å². The summed E-state index contributed by atoms with van der Waals surface area (Å²) < 4.78 is 13.5. The highest BCUT2D eigenvalue weighted by Crippen LogP contribution is 2.16. The number of anilines is 1. The molecule has 0 unspecified atom stereocenters. The molecule has 1 heterocycles. The molecule has 7 heteroatoms. The minimum absolute atomic E-state index is 0.0789. The number of carbonyl (C=O) groups excluding carboxylic acids is 1. The highest BCUT2D eigenvalue weighted by atomic mass is 19.1. The van der Waals surface area contributed by atoms with E-state index in [0.29, 0.717) is 5.56 Å². The Hall–Kier alpha value is -2.28. The SMILES string of the molecule is NCc1ccc(NC(=O)c2cn[nH]n2)c(F)c1. The van der Waals surface area contributed by atoms with Gasteiger partial charge in [-0.2, -0.15) is 15.4 Å². The molecule has 0 aliphatic carbocycles. The number of nitrogens with zero attached hydrogens (tertiary/aromatic N) is 2. The Labute approximate surface area is 96.0 Å². The molecule has 6 nitrogen and oxygen atoms in total. The molecule has 0 saturated heterocycles. The fourth-order valence-corrected chi connectivity index (χ4v) is 1.28. The van der Waals surface area contributed by atoms with Gasteiger partial charge in [0.1, 0.15) is 5.82 Å². The molecule has 0 radical (unpaired) electrons. The summed E-state index contributed by atoms with van der Waals surface area (Å²) >= 11 is 0. The van der Waals surface area contributed by atoms with Gasteiger partial charge in [0.15, 0.2) is 5.69 Å². The second-order valence-corrected chi connectivity index (χ2v) is 3.33. The van der Waals surface area contributed by atoms with Crippen LogP contribution in [0.5, 0.6) is 0 Å². The van der Waals surface area contributed by atoms with E-state index < -0.39 is 11.7 Å². The highest BCUT2D eigenvalue weighted by Gasteiger charge is 2.11. The van der Waals surface area contributed by atoms with Crippen molar-refractivity contribution in [1.29, 1.82) is 0 Å². The maximum Gasteiger partial charge on any atom is 0.277 e. The molecule has 0 aliphatic rings. The molecule has 0 atom stereocenters. The summed E-state index contributed by atoms with van der Waals surface area (Å²) in [5.74, 6) is -1.07. The third-order valence-electron chi connectivity index (χ3n) is 2.17. The molecular weight excluding hydrogens is 225 g/mol. The lowest BCUT2D eigenvalue weighted by atomic mass is 10.2. The number of rotatable bonds is 3. The minimum Gasteiger partial charge on any atom is -0.326 e. The standard InChI is InChI=1S/C10H10FN5O/c11-7-3-6(4-12)1-2-8(7)14-10(17)9-5-13-16-15-9/h1-3,5H,4,12H2,(H,14,17)(H,13,15,16). The molecule has 0 aliphatic heterocycles. The van der Waals surface area contributed by atoms with Crippen LogP contribution in [-0.2, 0) is 6.54 Å². The first-order valence-electron chi connectivity index (χ1n) is 4.86. The van der Waals surface area contributed by atoms with E-state index in [2.05, 4.69) is 20.7 Å². The van der Waals surface area contributed by atoms with Crippen LogP contribution in [0.25, 0.3) is 0 Å². The molecule has 2 rings (SSSR count). The smallest absolute Gasteiger partial charge is 0.277 e. The first-order valence-corrected chi connectivity index (χ1v) is 4.86. The van der Waals surface area contributed by atoms with E-state index in [1.165, 1.54) is 18.3 Å². The molecule has 1 amide bonds. The molecular formula is C10H10FN5O. The Kier molecular flexibility index (Phi) is 3.10. The normalized spacial score (nSPS) is 10.2. The number of benzene rings is 1. The van der Waals surface area contributed by atoms with Crippen LogP contribution in [0.1, 0.15) is 16.1 Å². The number of nitrogens with two attached hydrogens (primary N) is 1. The maximum atomic E-state index is 13.5. The van der Waals surface area contributed by atoms with Crippen molar-refractivity contribution >= 4 is 11.6 Å². The summed E-state index contributed by atoms with van der Waals surface area (Å²) in [5, 5.41) is 11.8. The third kappa shape index (κ3) is 2.45. The summed E-state index contributed by atoms with van der Waals surface area (Å²) in [5.41, 5.74) is 6.19. The Bertz CT molecular complexity index is 525. The van der Waals surface area contributed by atoms with E-state index in [0.717, 1.165) is 0 Å². The Balaban J connectivity index is 2.16. The van der Waals surface area contributed by atoms with Crippen molar-refractivity contribution < 1.29 is 9.18 Å². The van der Waals surface area contributed by atoms with Crippen LogP contribution in [0, 0.1) is 5.82 Å². The van der Waals surface area contributed by atoms with Crippen LogP contribution in [0.2, 0.25) is 0 Å². The number of hydrogen-bond donors (Lipinski definition) is 3. The lowest BCUT2D eigenvalue weighted by Crippen LogP contribution is -2.13. The Morgan fingerprint density at radius 2 is 2.35 bits per heavy atom. The van der Waals surface area contributed by atoms with Gasteiger partial charge in [0.05, 0.1) is 11.9 Å². The summed E-state index contributed by atoms with van der Waals surface area (Å²) in [6.45, 7) is 0.244. The van der Waals surface area contributed by atoms with Crippen molar-refractivity contribution in [3.63, 3.8) is 0 Å². The monoisotopic (exact) mass is 235 g/mol. The average molecular weight is 235 g/mol. The molecule has 1 aromatic carbocycles. The van der Waals surface area contributed by atoms with E-state index >= 15 is 0 Å². The first-order chi connectivity index (χ1) is 8.20. The summed E-state index contributed by atoms with van der Waals surface area (Å²) in [6, 6.07) is 4.37. The number of H-pyrrole nitrogens is 1. The van der Waals surface area contributed by atoms with Crippen LogP contribution in [0.3, 0.4) is 0 Å². The summed E-state index contributed by atoms with van der Waals surface area (Å²) in [4.78, 5) is 11.6. The Morgan fingerprint density at radius 1 is 1.53 bits per heavy atom. The number of aromatic nitrogens is 3. The van der Waals surface area contributed by atoms with Crippen molar-refractivity contribution in [3.8, 4) is 0 Å². The molecule has 17 heavy (non-hydrogen) atoms. The number of amides is 1. The first kappa shape index (κ1) is 11.2. The molecule has 88 valence electrons. The number of halogens is 1. The fraction of sp³-hybridized carbons (Fsp3) is 0.100. The molecule has 1 aromatic heterocycles. The van der Waals surface area contributed by atoms with Crippen LogP contribution >= 0.6 is 0 Å². The van der Waals surface area contributed by atoms with Crippen molar-refractivity contribution in [1.82, 2.24) is 15.4 Å². The number of hydrogen-bond acceptors (Lipinski definition) is 4. The van der Waals surface area contributed by atoms with Gasteiger partial charge in [-0.05, 0) is 17.7 Å². The molecule has 0 spiro atoms. The molecule has 0 fully saturated rings. The predicted molar refractivity (Wildman–Crippen MR) is 58.6 cm³/mol. The highest BCUT2D eigenvalue weighted by molar-refractivity contribution is 6.02. The lowest BCUT2D eigenvalue weighted by molar-refractivity contribution is 0.102. The van der Waals surface area contributed by atoms with Gasteiger partial charge in [-0.1, -0.05) is 6.07 Å². The van der Waals surface area contributed by atoms with Crippen LogP contribution < -0.4 is 11.1 Å². The fourth-order valence-electron chi connectivity index (χ4n) is 1.28. The van der Waals surface area contributed by atoms with Crippen LogP contribution in [-0.4, -0.2) is 21.3 Å². The average Bonchev–Trinajstić information content (AvgIpc) is 2.85. The molecule has 4 N–H and O–H groups in total. The summed E-state index contributed by atoms with van der Waals surface area (Å²) in [7, 11) is 0. The number of carbonyl (C=O) groups is 1. The Morgan fingerprint density at radius 3 is 2.94 bits per heavy atom. The summed E-state index contributed by atoms with van der Waals surface area (Å²) in [6.07, 6.45) is 1.25. The van der Waals surface area contributed by atoms with Gasteiger partial charge in [-0.25, -0.2) is 4.39 Å². The number of aromatic amines is 1. The van der Waals surface area contributed by atoms with Gasteiger partial charge in [0, 0.05) is 6.54 Å². The second-order valence-electron chi connectivity index (χ2n) is 3.33. The van der Waals surface area contributed by atoms with Gasteiger partial charge < -0.3 is 11.1 Å². The van der Waals surface area contributed by atoms with Gasteiger partial charge in [-0.3, -0.25) is 4.79 Å². The van der Waals surface area contributed by atoms with E-state index in [1.807, 2.05) is 0 Å². The van der Waals surface area contributed by atoms with Crippen molar-refractivity contribution in [3.05, 3.63) is 41.5 Å². The van der Waals surface area contributed by atoms with Gasteiger partial charge >= 0.3 is 0 Å². The van der Waals surface area contributed by atoms with Gasteiger partial charge in [-0.15, -0.1) is 0 Å². The van der Waals surface area contributed by atoms with E-state index in [-0.39, 0.29) is 17.9 Å². The van der Waals surface area contributed by atoms with E-state index in [1.54, 1.807) is 6.07 Å². The molecule has 0 saturated carbocycles. The van der Waals surface area contributed by atoms with Crippen molar-refractivity contribution in [2.75, 3.05) is 5.32 Å². The van der Waals surface area contributed by atoms with Crippen LogP contribution in [0.15, 0.2) is 24.4 Å². The molecule has 0 bridgehead atoms. The zero-order chi connectivity index (χ0) is 12.3. The molecule has 2 aromatic rings. The van der Waals surface area contributed by atoms with E-state index in [9.17, 15) is 9.18 Å². The topological polar surface area (TPSA) is 96.7 Å². The number of nitrogens with one attached hydrogen (secondary N) is 2. The lowest BCUT2D eigenvalue weighted by Gasteiger charge is -2.05. The quantitative estimate of drug-likeness (QED) is 0.727. The maximum absolute atomic E-state index is 13.5. The second kappa shape index (κ2) is 4.71. The van der Waals surface area contributed by atoms with Crippen LogP contribution in [0.4, 0.5) is 10.1 Å². The largest absolute Gasteiger partial charge is 0.326 e. The zero-order valence-corrected chi connectivity index (χ0v) is 8.77. The minimum atomic E-state index is -0.537. The zero-order valence-electron chi connectivity index (χ0n) is 8.77. The van der Waals surface area contributed by atoms with Gasteiger partial charge in [0.2, 0.25) is 0 Å². The third-order valence-corrected chi connectivity index (χ3v) is 2.17. The van der Waals surface area contributed by atoms with Gasteiger partial charge in [0.25, 0.3) is 5.91 Å². The predicted octanol–water partition coefficient (Wildman–Crippen LogP) is 0.655.